The van der Waals surface area contributed by atoms with E-state index in [1.54, 1.807) is 44.5 Å². The van der Waals surface area contributed by atoms with Gasteiger partial charge in [-0.25, -0.2) is 14.3 Å². The Balaban J connectivity index is 2.00. The normalized spacial score (nSPS) is 13.6. The van der Waals surface area contributed by atoms with E-state index >= 15 is 0 Å². The number of hydrogen-bond acceptors (Lipinski definition) is 5. The summed E-state index contributed by atoms with van der Waals surface area (Å²) in [5, 5.41) is 7.57. The Hall–Kier alpha value is -2.80. The molecule has 0 saturated carbocycles. The van der Waals surface area contributed by atoms with Gasteiger partial charge in [-0.05, 0) is 45.9 Å². The van der Waals surface area contributed by atoms with Gasteiger partial charge in [-0.15, -0.1) is 5.10 Å². The molecule has 2 aromatic heterocycles. The highest BCUT2D eigenvalue weighted by Gasteiger charge is 2.21. The molecule has 1 aromatic carbocycles. The van der Waals surface area contributed by atoms with Crippen LogP contribution in [-0.4, -0.2) is 21.3 Å². The van der Waals surface area contributed by atoms with Gasteiger partial charge in [0.15, 0.2) is 0 Å². The van der Waals surface area contributed by atoms with Gasteiger partial charge in [0.05, 0.1) is 10.7 Å². The number of amides is 1. The van der Waals surface area contributed by atoms with Crippen molar-refractivity contribution in [2.24, 2.45) is 4.99 Å². The number of carbonyl (C=O) groups excluding carboxylic acids is 1. The van der Waals surface area contributed by atoms with Crippen LogP contribution in [0.1, 0.15) is 39.6 Å². The highest BCUT2D eigenvalue weighted by Crippen LogP contribution is 2.18. The predicted octanol–water partition coefficient (Wildman–Crippen LogP) is 4.40. The molecule has 0 spiro atoms. The average Bonchev–Trinajstić information content (AvgIpc) is 2.95. The molecule has 8 heteroatoms. The number of hydrogen-bond donors (Lipinski definition) is 1. The topological polar surface area (TPSA) is 81.1 Å². The number of halogens is 1. The molecular formula is C19H21ClN4O3. The Labute approximate surface area is 161 Å². The molecule has 1 amide bonds. The fourth-order valence-corrected chi connectivity index (χ4v) is 2.60. The summed E-state index contributed by atoms with van der Waals surface area (Å²) in [5.41, 5.74) is 0.971. The molecular weight excluding hydrogens is 368 g/mol. The van der Waals surface area contributed by atoms with Crippen LogP contribution in [0.3, 0.4) is 0 Å². The van der Waals surface area contributed by atoms with Gasteiger partial charge in [0, 0.05) is 6.20 Å². The summed E-state index contributed by atoms with van der Waals surface area (Å²) in [5.74, 6) is 0.273. The van der Waals surface area contributed by atoms with Crippen molar-refractivity contribution in [3.05, 3.63) is 59.1 Å². The standard InChI is InChI=1S/C19H21ClN4O3/c1-12(21-18(25)27-19(2,3)4)16-23-24-11-10-14(20)15(24)17(26-16)22-13-8-6-5-7-9-13/h5-12H,1-4H3,(H,21,25). The van der Waals surface area contributed by atoms with Crippen LogP contribution in [0.15, 0.2) is 52.0 Å². The maximum atomic E-state index is 12.0. The number of alkyl carbamates (subject to hydrolysis) is 1. The molecule has 0 aliphatic heterocycles. The molecule has 1 N–H and O–H groups in total. The van der Waals surface area contributed by atoms with Crippen molar-refractivity contribution in [2.45, 2.75) is 39.3 Å². The van der Waals surface area contributed by atoms with Crippen LogP contribution in [0, 0.1) is 0 Å². The summed E-state index contributed by atoms with van der Waals surface area (Å²) in [6, 6.07) is 10.5. The van der Waals surface area contributed by atoms with Crippen LogP contribution in [0.4, 0.5) is 10.5 Å². The second-order valence-corrected chi connectivity index (χ2v) is 7.42. The minimum absolute atomic E-state index is 0.273. The van der Waals surface area contributed by atoms with Crippen molar-refractivity contribution >= 4 is 28.9 Å². The number of benzene rings is 1. The fourth-order valence-electron chi connectivity index (χ4n) is 2.37. The Bertz CT molecular complexity index is 1020. The smallest absolute Gasteiger partial charge is 0.408 e. The van der Waals surface area contributed by atoms with Crippen molar-refractivity contribution in [2.75, 3.05) is 0 Å². The van der Waals surface area contributed by atoms with Crippen LogP contribution < -0.4 is 10.9 Å². The van der Waals surface area contributed by atoms with Gasteiger partial charge in [0.1, 0.15) is 17.2 Å². The van der Waals surface area contributed by atoms with Gasteiger partial charge >= 0.3 is 6.09 Å². The summed E-state index contributed by atoms with van der Waals surface area (Å²) >= 11 is 6.26. The summed E-state index contributed by atoms with van der Waals surface area (Å²) in [6.07, 6.45) is 1.15. The average molecular weight is 389 g/mol. The summed E-state index contributed by atoms with van der Waals surface area (Å²) in [4.78, 5) is 16.6. The largest absolute Gasteiger partial charge is 0.444 e. The van der Waals surface area contributed by atoms with Crippen molar-refractivity contribution in [3.63, 3.8) is 0 Å². The van der Waals surface area contributed by atoms with Crippen molar-refractivity contribution in [3.8, 4) is 0 Å². The second kappa shape index (κ2) is 7.44. The lowest BCUT2D eigenvalue weighted by atomic mass is 10.2. The molecule has 0 aliphatic rings. The molecule has 27 heavy (non-hydrogen) atoms. The summed E-state index contributed by atoms with van der Waals surface area (Å²) in [7, 11) is 0. The van der Waals surface area contributed by atoms with Crippen molar-refractivity contribution in [1.82, 2.24) is 14.9 Å². The molecule has 1 unspecified atom stereocenters. The molecule has 0 saturated heterocycles. The van der Waals surface area contributed by atoms with Crippen LogP contribution in [0.25, 0.3) is 5.52 Å². The van der Waals surface area contributed by atoms with E-state index in [9.17, 15) is 4.79 Å². The molecule has 2 heterocycles. The maximum absolute atomic E-state index is 12.0. The monoisotopic (exact) mass is 388 g/mol. The third-order valence-corrected chi connectivity index (χ3v) is 3.82. The SMILES string of the molecule is CC(NC(=O)OC(C)(C)C)c1nn2ccc(Cl)c2c(=Nc2ccccc2)o1. The van der Waals surface area contributed by atoms with E-state index in [0.29, 0.717) is 21.8 Å². The third-order valence-electron chi connectivity index (χ3n) is 3.52. The minimum atomic E-state index is -0.597. The number of para-hydroxylation sites is 1. The number of ether oxygens (including phenoxy) is 1. The lowest BCUT2D eigenvalue weighted by Crippen LogP contribution is -2.34. The number of nitrogens with zero attached hydrogens (tertiary/aromatic N) is 3. The molecule has 142 valence electrons. The quantitative estimate of drug-likeness (QED) is 0.721. The molecule has 0 aliphatic carbocycles. The van der Waals surface area contributed by atoms with Gasteiger partial charge in [-0.3, -0.25) is 0 Å². The third kappa shape index (κ3) is 4.68. The van der Waals surface area contributed by atoms with E-state index in [4.69, 9.17) is 20.8 Å². The molecule has 0 bridgehead atoms. The zero-order chi connectivity index (χ0) is 19.6. The van der Waals surface area contributed by atoms with Crippen LogP contribution in [-0.2, 0) is 4.74 Å². The summed E-state index contributed by atoms with van der Waals surface area (Å²) in [6.45, 7) is 7.14. The Kier molecular flexibility index (Phi) is 5.23. The number of rotatable bonds is 3. The maximum Gasteiger partial charge on any atom is 0.408 e. The zero-order valence-corrected chi connectivity index (χ0v) is 16.3. The number of nitrogens with one attached hydrogen (secondary N) is 1. The van der Waals surface area contributed by atoms with Gasteiger partial charge in [0.2, 0.25) is 11.4 Å². The lowest BCUT2D eigenvalue weighted by molar-refractivity contribution is 0.0499. The Morgan fingerprint density at radius 3 is 2.67 bits per heavy atom. The number of aromatic nitrogens is 2. The minimum Gasteiger partial charge on any atom is -0.444 e. The molecule has 0 fully saturated rings. The van der Waals surface area contributed by atoms with E-state index in [0.717, 1.165) is 0 Å². The van der Waals surface area contributed by atoms with E-state index < -0.39 is 17.7 Å². The highest BCUT2D eigenvalue weighted by atomic mass is 35.5. The lowest BCUT2D eigenvalue weighted by Gasteiger charge is -2.21. The fraction of sp³-hybridized carbons (Fsp3) is 0.316. The van der Waals surface area contributed by atoms with E-state index in [-0.39, 0.29) is 5.89 Å². The van der Waals surface area contributed by atoms with Gasteiger partial charge in [-0.1, -0.05) is 29.8 Å². The molecule has 3 rings (SSSR count). The van der Waals surface area contributed by atoms with Crippen LogP contribution in [0.5, 0.6) is 0 Å². The first-order valence-electron chi connectivity index (χ1n) is 8.50. The van der Waals surface area contributed by atoms with E-state index in [1.165, 1.54) is 0 Å². The van der Waals surface area contributed by atoms with E-state index in [1.807, 2.05) is 30.3 Å². The number of carbonyl (C=O) groups is 1. The first-order valence-corrected chi connectivity index (χ1v) is 8.88. The van der Waals surface area contributed by atoms with Crippen molar-refractivity contribution in [1.29, 1.82) is 0 Å². The van der Waals surface area contributed by atoms with Crippen LogP contribution >= 0.6 is 11.6 Å². The number of fused-ring (bicyclic) bond motifs is 1. The highest BCUT2D eigenvalue weighted by molar-refractivity contribution is 6.33. The van der Waals surface area contributed by atoms with Gasteiger partial charge < -0.3 is 14.5 Å². The second-order valence-electron chi connectivity index (χ2n) is 7.02. The molecule has 1 atom stereocenters. The van der Waals surface area contributed by atoms with Crippen LogP contribution in [0.2, 0.25) is 5.02 Å². The first-order chi connectivity index (χ1) is 12.7. The predicted molar refractivity (Wildman–Crippen MR) is 102 cm³/mol. The molecule has 7 nitrogen and oxygen atoms in total. The Morgan fingerprint density at radius 2 is 2.00 bits per heavy atom. The van der Waals surface area contributed by atoms with Gasteiger partial charge in [0.25, 0.3) is 0 Å². The molecule has 0 radical (unpaired) electrons. The van der Waals surface area contributed by atoms with Gasteiger partial charge in [-0.2, -0.15) is 0 Å². The van der Waals surface area contributed by atoms with Crippen molar-refractivity contribution < 1.29 is 13.9 Å². The summed E-state index contributed by atoms with van der Waals surface area (Å²) < 4.78 is 12.7. The first kappa shape index (κ1) is 19.0. The zero-order valence-electron chi connectivity index (χ0n) is 15.6. The van der Waals surface area contributed by atoms with E-state index in [2.05, 4.69) is 15.4 Å². The Morgan fingerprint density at radius 1 is 1.30 bits per heavy atom. The molecule has 3 aromatic rings.